The molecule has 5 nitrogen and oxygen atoms in total. The Labute approximate surface area is 189 Å². The zero-order chi connectivity index (χ0) is 22.6. The van der Waals surface area contributed by atoms with Crippen molar-refractivity contribution in [3.63, 3.8) is 0 Å². The largest absolute Gasteiger partial charge is 0.325 e. The predicted molar refractivity (Wildman–Crippen MR) is 130 cm³/mol. The topological polar surface area (TPSA) is 59.8 Å². The number of hydrogen-bond donors (Lipinski definition) is 1. The molecule has 31 heavy (non-hydrogen) atoms. The van der Waals surface area contributed by atoms with Crippen LogP contribution in [-0.4, -0.2) is 26.4 Å². The van der Waals surface area contributed by atoms with E-state index in [4.69, 9.17) is 0 Å². The maximum Gasteiger partial charge on any atom is 0.234 e. The summed E-state index contributed by atoms with van der Waals surface area (Å²) in [6.07, 6.45) is 0.881. The van der Waals surface area contributed by atoms with Crippen molar-refractivity contribution in [1.29, 1.82) is 0 Å². The predicted octanol–water partition coefficient (Wildman–Crippen LogP) is 5.86. The van der Waals surface area contributed by atoms with Gasteiger partial charge in [-0.3, -0.25) is 4.79 Å². The summed E-state index contributed by atoms with van der Waals surface area (Å²) in [4.78, 5) is 12.6. The highest BCUT2D eigenvalue weighted by molar-refractivity contribution is 7.99. The van der Waals surface area contributed by atoms with Gasteiger partial charge in [-0.25, -0.2) is 0 Å². The molecule has 1 heterocycles. The van der Waals surface area contributed by atoms with E-state index in [1.807, 2.05) is 19.1 Å². The third kappa shape index (κ3) is 5.37. The van der Waals surface area contributed by atoms with Gasteiger partial charge in [0.1, 0.15) is 0 Å². The van der Waals surface area contributed by atoms with E-state index >= 15 is 0 Å². The van der Waals surface area contributed by atoms with Gasteiger partial charge in [-0.1, -0.05) is 81.9 Å². The van der Waals surface area contributed by atoms with Gasteiger partial charge in [0, 0.05) is 17.8 Å². The quantitative estimate of drug-likeness (QED) is 0.471. The Balaban J connectivity index is 1.72. The Hall–Kier alpha value is -2.60. The summed E-state index contributed by atoms with van der Waals surface area (Å²) in [5.41, 5.74) is 5.58. The van der Waals surface area contributed by atoms with E-state index in [-0.39, 0.29) is 11.3 Å². The zero-order valence-electron chi connectivity index (χ0n) is 19.3. The Morgan fingerprint density at radius 3 is 2.39 bits per heavy atom. The lowest BCUT2D eigenvalue weighted by atomic mass is 9.87. The lowest BCUT2D eigenvalue weighted by Gasteiger charge is -2.19. The molecule has 0 saturated carbocycles. The highest BCUT2D eigenvalue weighted by Crippen LogP contribution is 2.28. The minimum Gasteiger partial charge on any atom is -0.325 e. The summed E-state index contributed by atoms with van der Waals surface area (Å²) < 4.78 is 2.06. The molecular formula is C25H32N4OS. The van der Waals surface area contributed by atoms with Gasteiger partial charge in [0.15, 0.2) is 11.0 Å². The van der Waals surface area contributed by atoms with Crippen molar-refractivity contribution in [2.45, 2.75) is 65.1 Å². The first kappa shape index (κ1) is 23.1. The van der Waals surface area contributed by atoms with Crippen molar-refractivity contribution < 1.29 is 4.79 Å². The fourth-order valence-electron chi connectivity index (χ4n) is 3.52. The lowest BCUT2D eigenvalue weighted by molar-refractivity contribution is -0.113. The van der Waals surface area contributed by atoms with E-state index in [9.17, 15) is 4.79 Å². The molecule has 3 aromatic rings. The van der Waals surface area contributed by atoms with Gasteiger partial charge in [0.2, 0.25) is 5.91 Å². The first-order chi connectivity index (χ1) is 14.7. The molecule has 2 aromatic carbocycles. The second kappa shape index (κ2) is 9.69. The molecule has 0 radical (unpaired) electrons. The van der Waals surface area contributed by atoms with Gasteiger partial charge in [-0.2, -0.15) is 0 Å². The molecule has 1 N–H and O–H groups in total. The summed E-state index contributed by atoms with van der Waals surface area (Å²) in [6, 6.07) is 14.6. The summed E-state index contributed by atoms with van der Waals surface area (Å²) in [5, 5.41) is 12.6. The highest BCUT2D eigenvalue weighted by atomic mass is 32.2. The van der Waals surface area contributed by atoms with E-state index in [1.165, 1.54) is 17.3 Å². The molecule has 164 valence electrons. The minimum absolute atomic E-state index is 0.0317. The number of benzene rings is 2. The smallest absolute Gasteiger partial charge is 0.234 e. The van der Waals surface area contributed by atoms with Crippen LogP contribution in [0.4, 0.5) is 5.69 Å². The van der Waals surface area contributed by atoms with Crippen LogP contribution in [0.3, 0.4) is 0 Å². The van der Waals surface area contributed by atoms with Crippen LogP contribution in [0.1, 0.15) is 51.3 Å². The average Bonchev–Trinajstić information content (AvgIpc) is 3.16. The SMILES string of the molecule is CCc1cccc(C)c1NC(=O)CSc1nnc(-c2ccc(C(C)(C)C)cc2)n1CC. The molecule has 0 bridgehead atoms. The van der Waals surface area contributed by atoms with Crippen molar-refractivity contribution in [2.24, 2.45) is 0 Å². The van der Waals surface area contributed by atoms with Crippen molar-refractivity contribution in [2.75, 3.05) is 11.1 Å². The zero-order valence-corrected chi connectivity index (χ0v) is 20.1. The van der Waals surface area contributed by atoms with E-state index in [0.717, 1.165) is 46.3 Å². The van der Waals surface area contributed by atoms with Crippen molar-refractivity contribution in [1.82, 2.24) is 14.8 Å². The normalized spacial score (nSPS) is 11.5. The first-order valence-electron chi connectivity index (χ1n) is 10.8. The lowest BCUT2D eigenvalue weighted by Crippen LogP contribution is -2.16. The monoisotopic (exact) mass is 436 g/mol. The molecule has 1 amide bonds. The Morgan fingerprint density at radius 1 is 1.06 bits per heavy atom. The number of anilines is 1. The standard InChI is InChI=1S/C25H32N4OS/c1-7-18-11-9-10-17(3)22(18)26-21(30)16-31-24-28-27-23(29(24)8-2)19-12-14-20(15-13-19)25(4,5)6/h9-15H,7-8,16H2,1-6H3,(H,26,30). The molecule has 1 aromatic heterocycles. The number of carbonyl (C=O) groups excluding carboxylic acids is 1. The molecule has 3 rings (SSSR count). The van der Waals surface area contributed by atoms with Crippen LogP contribution in [0.15, 0.2) is 47.6 Å². The molecule has 0 aliphatic heterocycles. The summed E-state index contributed by atoms with van der Waals surface area (Å²) in [6.45, 7) is 13.5. The molecule has 0 aliphatic rings. The van der Waals surface area contributed by atoms with Crippen LogP contribution in [0.25, 0.3) is 11.4 Å². The van der Waals surface area contributed by atoms with Crippen LogP contribution in [-0.2, 0) is 23.2 Å². The Morgan fingerprint density at radius 2 is 1.77 bits per heavy atom. The van der Waals surface area contributed by atoms with Gasteiger partial charge in [0.25, 0.3) is 0 Å². The number of para-hydroxylation sites is 1. The first-order valence-corrected chi connectivity index (χ1v) is 11.8. The fraction of sp³-hybridized carbons (Fsp3) is 0.400. The van der Waals surface area contributed by atoms with E-state index in [0.29, 0.717) is 5.75 Å². The van der Waals surface area contributed by atoms with Crippen molar-refractivity contribution >= 4 is 23.4 Å². The molecule has 0 saturated heterocycles. The number of carbonyl (C=O) groups is 1. The van der Waals surface area contributed by atoms with Crippen LogP contribution in [0.5, 0.6) is 0 Å². The Bertz CT molecular complexity index is 1050. The number of rotatable bonds is 7. The van der Waals surface area contributed by atoms with E-state index in [2.05, 4.69) is 85.0 Å². The van der Waals surface area contributed by atoms with Gasteiger partial charge in [-0.15, -0.1) is 10.2 Å². The van der Waals surface area contributed by atoms with Gasteiger partial charge >= 0.3 is 0 Å². The number of amides is 1. The molecule has 6 heteroatoms. The number of nitrogens with one attached hydrogen (secondary N) is 1. The van der Waals surface area contributed by atoms with E-state index in [1.54, 1.807) is 0 Å². The number of aryl methyl sites for hydroxylation is 2. The number of aromatic nitrogens is 3. The fourth-order valence-corrected chi connectivity index (χ4v) is 4.32. The molecular weight excluding hydrogens is 404 g/mol. The molecule has 0 spiro atoms. The van der Waals surface area contributed by atoms with Crippen LogP contribution >= 0.6 is 11.8 Å². The maximum atomic E-state index is 12.6. The highest BCUT2D eigenvalue weighted by Gasteiger charge is 2.17. The number of hydrogen-bond acceptors (Lipinski definition) is 4. The van der Waals surface area contributed by atoms with Crippen molar-refractivity contribution in [3.05, 3.63) is 59.2 Å². The average molecular weight is 437 g/mol. The number of nitrogens with zero attached hydrogens (tertiary/aromatic N) is 3. The summed E-state index contributed by atoms with van der Waals surface area (Å²) in [5.74, 6) is 1.09. The number of thioether (sulfide) groups is 1. The van der Waals surface area contributed by atoms with Gasteiger partial charge in [0.05, 0.1) is 5.75 Å². The van der Waals surface area contributed by atoms with Crippen LogP contribution in [0, 0.1) is 6.92 Å². The van der Waals surface area contributed by atoms with Crippen molar-refractivity contribution in [3.8, 4) is 11.4 Å². The molecule has 0 atom stereocenters. The third-order valence-electron chi connectivity index (χ3n) is 5.38. The van der Waals surface area contributed by atoms with Crippen LogP contribution < -0.4 is 5.32 Å². The third-order valence-corrected chi connectivity index (χ3v) is 6.35. The molecule has 0 aliphatic carbocycles. The Kier molecular flexibility index (Phi) is 7.21. The second-order valence-corrected chi connectivity index (χ2v) is 9.62. The molecule has 0 unspecified atom stereocenters. The maximum absolute atomic E-state index is 12.6. The molecule has 0 fully saturated rings. The van der Waals surface area contributed by atoms with Gasteiger partial charge < -0.3 is 9.88 Å². The summed E-state index contributed by atoms with van der Waals surface area (Å²) in [7, 11) is 0. The minimum atomic E-state index is -0.0317. The van der Waals surface area contributed by atoms with Gasteiger partial charge in [-0.05, 0) is 42.4 Å². The second-order valence-electron chi connectivity index (χ2n) is 8.68. The summed E-state index contributed by atoms with van der Waals surface area (Å²) >= 11 is 1.42. The van der Waals surface area contributed by atoms with E-state index < -0.39 is 0 Å². The van der Waals surface area contributed by atoms with Crippen LogP contribution in [0.2, 0.25) is 0 Å².